The quantitative estimate of drug-likeness (QED) is 0.690. The Morgan fingerprint density at radius 3 is 2.48 bits per heavy atom. The lowest BCUT2D eigenvalue weighted by Gasteiger charge is -2.30. The SMILES string of the molecule is CC(C)(C)CC(=O)N(Cc1ccc2c(c1)OCO2)C1CC(=O)N(c2ccccc2)C1=O. The molecule has 0 spiro atoms. The van der Waals surface area contributed by atoms with Crippen molar-refractivity contribution in [2.45, 2.75) is 46.2 Å². The van der Waals surface area contributed by atoms with Gasteiger partial charge in [0.15, 0.2) is 11.5 Å². The third-order valence-corrected chi connectivity index (χ3v) is 5.31. The Hall–Kier alpha value is -3.35. The molecular weight excluding hydrogens is 396 g/mol. The summed E-state index contributed by atoms with van der Waals surface area (Å²) < 4.78 is 10.8. The van der Waals surface area contributed by atoms with Gasteiger partial charge in [0.25, 0.3) is 5.91 Å². The zero-order valence-electron chi connectivity index (χ0n) is 18.0. The van der Waals surface area contributed by atoms with Gasteiger partial charge in [-0.25, -0.2) is 4.90 Å². The van der Waals surface area contributed by atoms with Crippen LogP contribution in [0.2, 0.25) is 0 Å². The van der Waals surface area contributed by atoms with Gasteiger partial charge in [-0.2, -0.15) is 0 Å². The fourth-order valence-electron chi connectivity index (χ4n) is 3.87. The molecule has 1 fully saturated rings. The minimum atomic E-state index is -0.840. The molecule has 0 radical (unpaired) electrons. The van der Waals surface area contributed by atoms with E-state index in [1.165, 1.54) is 9.80 Å². The standard InChI is InChI=1S/C24H26N2O5/c1-24(2,3)13-22(28)25(14-16-9-10-19-20(11-16)31-15-30-19)18-12-21(27)26(23(18)29)17-7-5-4-6-8-17/h4-11,18H,12-15H2,1-3H3. The molecule has 0 N–H and O–H groups in total. The second-order valence-electron chi connectivity index (χ2n) is 9.07. The van der Waals surface area contributed by atoms with Crippen LogP contribution in [-0.2, 0) is 20.9 Å². The third kappa shape index (κ3) is 4.40. The summed E-state index contributed by atoms with van der Waals surface area (Å²) in [6.07, 6.45) is 0.231. The predicted octanol–water partition coefficient (Wildman–Crippen LogP) is 3.51. The first-order valence-electron chi connectivity index (χ1n) is 10.3. The van der Waals surface area contributed by atoms with Gasteiger partial charge < -0.3 is 14.4 Å². The van der Waals surface area contributed by atoms with Gasteiger partial charge in [-0.3, -0.25) is 14.4 Å². The molecule has 162 valence electrons. The van der Waals surface area contributed by atoms with Gasteiger partial charge in [-0.05, 0) is 35.2 Å². The minimum Gasteiger partial charge on any atom is -0.454 e. The van der Waals surface area contributed by atoms with Gasteiger partial charge >= 0.3 is 0 Å². The summed E-state index contributed by atoms with van der Waals surface area (Å²) in [4.78, 5) is 42.0. The van der Waals surface area contributed by atoms with E-state index in [4.69, 9.17) is 9.47 Å². The second-order valence-corrected chi connectivity index (χ2v) is 9.07. The lowest BCUT2D eigenvalue weighted by Crippen LogP contribution is -2.46. The molecule has 1 unspecified atom stereocenters. The summed E-state index contributed by atoms with van der Waals surface area (Å²) in [5, 5.41) is 0. The molecule has 2 aliphatic rings. The lowest BCUT2D eigenvalue weighted by molar-refractivity contribution is -0.140. The van der Waals surface area contributed by atoms with E-state index in [2.05, 4.69) is 0 Å². The molecule has 0 bridgehead atoms. The summed E-state index contributed by atoms with van der Waals surface area (Å²) in [6, 6.07) is 13.4. The molecule has 0 aromatic heterocycles. The highest BCUT2D eigenvalue weighted by atomic mass is 16.7. The van der Waals surface area contributed by atoms with Crippen molar-refractivity contribution in [2.75, 3.05) is 11.7 Å². The molecule has 2 heterocycles. The Kier molecular flexibility index (Phi) is 5.43. The number of para-hydroxylation sites is 1. The summed E-state index contributed by atoms with van der Waals surface area (Å²) in [6.45, 7) is 6.29. The topological polar surface area (TPSA) is 76.2 Å². The molecule has 2 aliphatic heterocycles. The van der Waals surface area contributed by atoms with Gasteiger partial charge in [-0.1, -0.05) is 45.0 Å². The molecule has 7 heteroatoms. The normalized spacial score (nSPS) is 17.9. The van der Waals surface area contributed by atoms with E-state index in [1.807, 2.05) is 39.0 Å². The van der Waals surface area contributed by atoms with Crippen molar-refractivity contribution >= 4 is 23.4 Å². The van der Waals surface area contributed by atoms with Crippen LogP contribution < -0.4 is 14.4 Å². The Balaban J connectivity index is 1.63. The first kappa shape index (κ1) is 20.9. The highest BCUT2D eigenvalue weighted by molar-refractivity contribution is 6.23. The number of benzene rings is 2. The average molecular weight is 422 g/mol. The van der Waals surface area contributed by atoms with Gasteiger partial charge in [0.1, 0.15) is 6.04 Å². The van der Waals surface area contributed by atoms with E-state index in [0.29, 0.717) is 17.2 Å². The molecular formula is C24H26N2O5. The Morgan fingerprint density at radius 2 is 1.77 bits per heavy atom. The summed E-state index contributed by atoms with van der Waals surface area (Å²) in [7, 11) is 0. The van der Waals surface area contributed by atoms with Crippen LogP contribution in [0.1, 0.15) is 39.2 Å². The van der Waals surface area contributed by atoms with Crippen LogP contribution in [0.25, 0.3) is 0 Å². The number of fused-ring (bicyclic) bond motifs is 1. The fraction of sp³-hybridized carbons (Fsp3) is 0.375. The molecule has 0 aliphatic carbocycles. The van der Waals surface area contributed by atoms with Crippen molar-refractivity contribution in [3.05, 3.63) is 54.1 Å². The number of anilines is 1. The number of carbonyl (C=O) groups excluding carboxylic acids is 3. The molecule has 31 heavy (non-hydrogen) atoms. The highest BCUT2D eigenvalue weighted by Crippen LogP contribution is 2.34. The number of hydrogen-bond donors (Lipinski definition) is 0. The van der Waals surface area contributed by atoms with Crippen LogP contribution >= 0.6 is 0 Å². The van der Waals surface area contributed by atoms with E-state index in [0.717, 1.165) is 5.56 Å². The van der Waals surface area contributed by atoms with E-state index in [1.54, 1.807) is 30.3 Å². The number of hydrogen-bond acceptors (Lipinski definition) is 5. The number of ether oxygens (including phenoxy) is 2. The summed E-state index contributed by atoms with van der Waals surface area (Å²) in [5.74, 6) is 0.421. The summed E-state index contributed by atoms with van der Waals surface area (Å²) in [5.41, 5.74) is 1.07. The van der Waals surface area contributed by atoms with E-state index in [9.17, 15) is 14.4 Å². The van der Waals surface area contributed by atoms with E-state index in [-0.39, 0.29) is 49.3 Å². The molecule has 3 amide bonds. The van der Waals surface area contributed by atoms with Crippen LogP contribution in [0.3, 0.4) is 0 Å². The van der Waals surface area contributed by atoms with E-state index < -0.39 is 6.04 Å². The number of rotatable bonds is 5. The van der Waals surface area contributed by atoms with Crippen LogP contribution in [0, 0.1) is 5.41 Å². The van der Waals surface area contributed by atoms with Gasteiger partial charge in [0, 0.05) is 13.0 Å². The molecule has 1 atom stereocenters. The smallest absolute Gasteiger partial charge is 0.257 e. The first-order chi connectivity index (χ1) is 14.7. The van der Waals surface area contributed by atoms with Crippen molar-refractivity contribution in [3.63, 3.8) is 0 Å². The first-order valence-corrected chi connectivity index (χ1v) is 10.3. The fourth-order valence-corrected chi connectivity index (χ4v) is 3.87. The maximum Gasteiger partial charge on any atom is 0.257 e. The van der Waals surface area contributed by atoms with Crippen LogP contribution in [-0.4, -0.2) is 35.5 Å². The maximum atomic E-state index is 13.3. The number of amides is 3. The van der Waals surface area contributed by atoms with Crippen molar-refractivity contribution in [3.8, 4) is 11.5 Å². The Morgan fingerprint density at radius 1 is 1.06 bits per heavy atom. The van der Waals surface area contributed by atoms with Crippen molar-refractivity contribution in [1.29, 1.82) is 0 Å². The molecule has 1 saturated heterocycles. The largest absolute Gasteiger partial charge is 0.454 e. The number of nitrogens with zero attached hydrogens (tertiary/aromatic N) is 2. The van der Waals surface area contributed by atoms with Crippen molar-refractivity contribution < 1.29 is 23.9 Å². The summed E-state index contributed by atoms with van der Waals surface area (Å²) >= 11 is 0. The lowest BCUT2D eigenvalue weighted by atomic mass is 9.91. The van der Waals surface area contributed by atoms with Crippen molar-refractivity contribution in [1.82, 2.24) is 4.90 Å². The number of carbonyl (C=O) groups is 3. The average Bonchev–Trinajstić information content (AvgIpc) is 3.29. The number of imide groups is 1. The Labute approximate surface area is 181 Å². The molecule has 2 aromatic rings. The van der Waals surface area contributed by atoms with Crippen molar-refractivity contribution in [2.24, 2.45) is 5.41 Å². The molecule has 2 aromatic carbocycles. The van der Waals surface area contributed by atoms with Gasteiger partial charge in [0.2, 0.25) is 18.6 Å². The van der Waals surface area contributed by atoms with Gasteiger partial charge in [-0.15, -0.1) is 0 Å². The van der Waals surface area contributed by atoms with Crippen LogP contribution in [0.15, 0.2) is 48.5 Å². The van der Waals surface area contributed by atoms with Gasteiger partial charge in [0.05, 0.1) is 12.1 Å². The Bertz CT molecular complexity index is 1010. The van der Waals surface area contributed by atoms with E-state index >= 15 is 0 Å². The van der Waals surface area contributed by atoms with Crippen LogP contribution in [0.4, 0.5) is 5.69 Å². The monoisotopic (exact) mass is 422 g/mol. The third-order valence-electron chi connectivity index (χ3n) is 5.31. The second kappa shape index (κ2) is 8.06. The maximum absolute atomic E-state index is 13.3. The molecule has 0 saturated carbocycles. The zero-order chi connectivity index (χ0) is 22.2. The molecule has 7 nitrogen and oxygen atoms in total. The predicted molar refractivity (Wildman–Crippen MR) is 115 cm³/mol. The van der Waals surface area contributed by atoms with Crippen LogP contribution in [0.5, 0.6) is 11.5 Å². The zero-order valence-corrected chi connectivity index (χ0v) is 18.0. The minimum absolute atomic E-state index is 0.0336. The highest BCUT2D eigenvalue weighted by Gasteiger charge is 2.44. The molecule has 4 rings (SSSR count).